The second-order valence-corrected chi connectivity index (χ2v) is 7.05. The van der Waals surface area contributed by atoms with Gasteiger partial charge in [-0.15, -0.1) is 0 Å². The molecule has 3 heterocycles. The van der Waals surface area contributed by atoms with Crippen LogP contribution in [0.3, 0.4) is 0 Å². The number of benzene rings is 1. The summed E-state index contributed by atoms with van der Waals surface area (Å²) in [4.78, 5) is 9.27. The van der Waals surface area contributed by atoms with Crippen molar-refractivity contribution in [1.82, 2.24) is 14.6 Å². The van der Waals surface area contributed by atoms with Gasteiger partial charge in [0.15, 0.2) is 22.9 Å². The Morgan fingerprint density at radius 1 is 1.15 bits per heavy atom. The van der Waals surface area contributed by atoms with Gasteiger partial charge in [-0.1, -0.05) is 13.3 Å². The Balaban J connectivity index is 2.00. The zero-order valence-corrected chi connectivity index (χ0v) is 15.7. The molecule has 0 N–H and O–H groups in total. The minimum Gasteiger partial charge on any atom is -0.463 e. The predicted octanol–water partition coefficient (Wildman–Crippen LogP) is 4.37. The number of nitrogens with zero attached hydrogens (tertiary/aromatic N) is 4. The van der Waals surface area contributed by atoms with Gasteiger partial charge in [-0.3, -0.25) is 0 Å². The summed E-state index contributed by atoms with van der Waals surface area (Å²) in [6.07, 6.45) is 4.78. The van der Waals surface area contributed by atoms with Crippen molar-refractivity contribution in [2.75, 3.05) is 0 Å². The molecule has 4 rings (SSSR count). The molecule has 1 aliphatic heterocycles. The normalized spacial score (nSPS) is 19.0. The molecule has 0 aliphatic carbocycles. The van der Waals surface area contributed by atoms with Crippen molar-refractivity contribution in [2.45, 2.75) is 46.3 Å². The van der Waals surface area contributed by atoms with Gasteiger partial charge in [0.25, 0.3) is 0 Å². The number of fused-ring (bicyclic) bond motifs is 2. The quantitative estimate of drug-likeness (QED) is 0.688. The number of hydrogen-bond acceptors (Lipinski definition) is 4. The molecule has 1 aliphatic rings. The van der Waals surface area contributed by atoms with Crippen molar-refractivity contribution in [1.29, 1.82) is 0 Å². The van der Waals surface area contributed by atoms with Gasteiger partial charge in [0.1, 0.15) is 0 Å². The summed E-state index contributed by atoms with van der Waals surface area (Å²) in [5, 5.41) is 4.43. The number of ether oxygens (including phenoxy) is 1. The largest absolute Gasteiger partial charge is 0.463 e. The van der Waals surface area contributed by atoms with Gasteiger partial charge in [-0.2, -0.15) is 9.49 Å². The van der Waals surface area contributed by atoms with E-state index in [4.69, 9.17) is 9.73 Å². The van der Waals surface area contributed by atoms with Crippen LogP contribution in [0.4, 0.5) is 8.78 Å². The summed E-state index contributed by atoms with van der Waals surface area (Å²) >= 11 is 0. The van der Waals surface area contributed by atoms with E-state index < -0.39 is 17.4 Å². The monoisotopic (exact) mass is 370 g/mol. The van der Waals surface area contributed by atoms with Crippen LogP contribution in [0.15, 0.2) is 29.5 Å². The molecule has 0 saturated carbocycles. The lowest BCUT2D eigenvalue weighted by molar-refractivity contribution is 0.0777. The average molecular weight is 370 g/mol. The molecule has 27 heavy (non-hydrogen) atoms. The third-order valence-corrected chi connectivity index (χ3v) is 4.96. The number of halogens is 2. The standard InChI is InChI=1S/C20H20F2N4O/c1-5-8-20(4)25-17(13-6-7-15(21)16(22)18(13)27-20)14-10-24-26-12(3)11(2)9-23-19(14)26/h6-7,9-10H,5,8H2,1-4H3. The average Bonchev–Trinajstić information content (AvgIpc) is 3.06. The smallest absolute Gasteiger partial charge is 0.201 e. The van der Waals surface area contributed by atoms with Crippen LogP contribution in [0.5, 0.6) is 5.75 Å². The fraction of sp³-hybridized carbons (Fsp3) is 0.350. The van der Waals surface area contributed by atoms with Crippen molar-refractivity contribution in [3.63, 3.8) is 0 Å². The third kappa shape index (κ3) is 2.69. The summed E-state index contributed by atoms with van der Waals surface area (Å²) in [7, 11) is 0. The molecule has 0 fully saturated rings. The molecule has 0 radical (unpaired) electrons. The first kappa shape index (κ1) is 17.6. The zero-order valence-electron chi connectivity index (χ0n) is 15.7. The second-order valence-electron chi connectivity index (χ2n) is 7.05. The Bertz CT molecular complexity index is 1090. The van der Waals surface area contributed by atoms with Crippen LogP contribution in [-0.4, -0.2) is 26.0 Å². The summed E-state index contributed by atoms with van der Waals surface area (Å²) in [5.74, 6) is -2.06. The number of aromatic nitrogens is 3. The molecule has 3 aromatic rings. The fourth-order valence-corrected chi connectivity index (χ4v) is 3.43. The Kier molecular flexibility index (Phi) is 3.98. The number of rotatable bonds is 3. The van der Waals surface area contributed by atoms with E-state index in [-0.39, 0.29) is 5.75 Å². The second kappa shape index (κ2) is 6.11. The minimum absolute atomic E-state index is 0.112. The molecule has 140 valence electrons. The van der Waals surface area contributed by atoms with E-state index in [0.717, 1.165) is 23.7 Å². The van der Waals surface area contributed by atoms with Crippen molar-refractivity contribution >= 4 is 11.4 Å². The van der Waals surface area contributed by atoms with Crippen LogP contribution in [0.1, 0.15) is 49.1 Å². The number of aliphatic imine (C=N–C) groups is 1. The Hall–Kier alpha value is -2.83. The fourth-order valence-electron chi connectivity index (χ4n) is 3.43. The zero-order chi connectivity index (χ0) is 19.3. The van der Waals surface area contributed by atoms with Gasteiger partial charge in [0.05, 0.1) is 17.5 Å². The van der Waals surface area contributed by atoms with Crippen LogP contribution in [0.25, 0.3) is 5.65 Å². The first-order valence-corrected chi connectivity index (χ1v) is 8.92. The van der Waals surface area contributed by atoms with Crippen LogP contribution in [0, 0.1) is 25.5 Å². The molecular weight excluding hydrogens is 350 g/mol. The van der Waals surface area contributed by atoms with E-state index in [1.165, 1.54) is 6.07 Å². The van der Waals surface area contributed by atoms with Crippen LogP contribution < -0.4 is 4.74 Å². The van der Waals surface area contributed by atoms with Crippen LogP contribution >= 0.6 is 0 Å². The molecule has 7 heteroatoms. The molecule has 0 saturated heterocycles. The van der Waals surface area contributed by atoms with E-state index >= 15 is 0 Å². The number of aryl methyl sites for hydroxylation is 2. The van der Waals surface area contributed by atoms with E-state index in [0.29, 0.717) is 28.9 Å². The molecule has 1 aromatic carbocycles. The van der Waals surface area contributed by atoms with Gasteiger partial charge >= 0.3 is 0 Å². The lowest BCUT2D eigenvalue weighted by Crippen LogP contribution is -2.36. The van der Waals surface area contributed by atoms with Crippen molar-refractivity contribution < 1.29 is 13.5 Å². The topological polar surface area (TPSA) is 51.8 Å². The van der Waals surface area contributed by atoms with E-state index in [1.807, 2.05) is 20.8 Å². The van der Waals surface area contributed by atoms with Gasteiger partial charge in [-0.25, -0.2) is 18.9 Å². The number of hydrogen-bond donors (Lipinski definition) is 0. The lowest BCUT2D eigenvalue weighted by atomic mass is 9.98. The predicted molar refractivity (Wildman–Crippen MR) is 98.4 cm³/mol. The highest BCUT2D eigenvalue weighted by molar-refractivity contribution is 6.18. The summed E-state index contributed by atoms with van der Waals surface area (Å²) < 4.78 is 35.9. The van der Waals surface area contributed by atoms with Crippen molar-refractivity contribution in [3.8, 4) is 5.75 Å². The highest BCUT2D eigenvalue weighted by Gasteiger charge is 2.36. The summed E-state index contributed by atoms with van der Waals surface area (Å²) in [5.41, 5.74) is 3.18. The molecule has 1 unspecified atom stereocenters. The molecule has 5 nitrogen and oxygen atoms in total. The first-order chi connectivity index (χ1) is 12.8. The van der Waals surface area contributed by atoms with Gasteiger partial charge < -0.3 is 4.74 Å². The van der Waals surface area contributed by atoms with Gasteiger partial charge in [-0.05, 0) is 38.5 Å². The molecule has 0 amide bonds. The van der Waals surface area contributed by atoms with E-state index in [2.05, 4.69) is 10.1 Å². The Morgan fingerprint density at radius 3 is 2.67 bits per heavy atom. The Morgan fingerprint density at radius 2 is 1.93 bits per heavy atom. The van der Waals surface area contributed by atoms with Gasteiger partial charge in [0, 0.05) is 23.9 Å². The SMILES string of the molecule is CCCC1(C)N=C(c2cnn3c(C)c(C)cnc23)c2ccc(F)c(F)c2O1. The molecule has 1 atom stereocenters. The van der Waals surface area contributed by atoms with Crippen LogP contribution in [-0.2, 0) is 0 Å². The molecule has 0 bridgehead atoms. The molecule has 2 aromatic heterocycles. The Labute approximate surface area is 155 Å². The van der Waals surface area contributed by atoms with Gasteiger partial charge in [0.2, 0.25) is 5.82 Å². The maximum absolute atomic E-state index is 14.5. The van der Waals surface area contributed by atoms with E-state index in [9.17, 15) is 8.78 Å². The molecule has 0 spiro atoms. The highest BCUT2D eigenvalue weighted by atomic mass is 19.2. The van der Waals surface area contributed by atoms with E-state index in [1.54, 1.807) is 23.8 Å². The van der Waals surface area contributed by atoms with Crippen LogP contribution in [0.2, 0.25) is 0 Å². The minimum atomic E-state index is -1.00. The highest BCUT2D eigenvalue weighted by Crippen LogP contribution is 2.38. The summed E-state index contributed by atoms with van der Waals surface area (Å²) in [6, 6.07) is 2.58. The van der Waals surface area contributed by atoms with Crippen molar-refractivity contribution in [3.05, 3.63) is 58.5 Å². The maximum atomic E-state index is 14.5. The van der Waals surface area contributed by atoms with Crippen molar-refractivity contribution in [2.24, 2.45) is 4.99 Å². The first-order valence-electron chi connectivity index (χ1n) is 8.92. The maximum Gasteiger partial charge on any atom is 0.201 e. The summed E-state index contributed by atoms with van der Waals surface area (Å²) in [6.45, 7) is 7.68. The molecular formula is C20H20F2N4O. The third-order valence-electron chi connectivity index (χ3n) is 4.96. The lowest BCUT2D eigenvalue weighted by Gasteiger charge is -2.33.